The highest BCUT2D eigenvalue weighted by Gasteiger charge is 2.48. The topological polar surface area (TPSA) is 76.5 Å². The molecule has 2 amide bonds. The molecule has 1 aliphatic rings. The number of hydrogen-bond acceptors (Lipinski definition) is 4. The molecule has 1 aliphatic heterocycles. The Bertz CT molecular complexity index is 1380. The van der Waals surface area contributed by atoms with Gasteiger partial charge >= 0.3 is 0 Å². The summed E-state index contributed by atoms with van der Waals surface area (Å²) in [6.07, 6.45) is 0. The van der Waals surface area contributed by atoms with Crippen molar-refractivity contribution in [2.75, 3.05) is 7.11 Å². The summed E-state index contributed by atoms with van der Waals surface area (Å²) in [6, 6.07) is 28.8. The molecule has 5 rings (SSSR count). The second-order valence-electron chi connectivity index (χ2n) is 9.08. The van der Waals surface area contributed by atoms with Gasteiger partial charge in [0.05, 0.1) is 25.9 Å². The lowest BCUT2D eigenvalue weighted by Gasteiger charge is -2.43. The molecule has 0 bridgehead atoms. The fourth-order valence-electron chi connectivity index (χ4n) is 4.61. The van der Waals surface area contributed by atoms with Crippen LogP contribution in [0.3, 0.4) is 0 Å². The van der Waals surface area contributed by atoms with E-state index in [0.29, 0.717) is 23.7 Å². The summed E-state index contributed by atoms with van der Waals surface area (Å²) in [5, 5.41) is 7.75. The zero-order valence-corrected chi connectivity index (χ0v) is 20.3. The van der Waals surface area contributed by atoms with E-state index < -0.39 is 5.54 Å². The van der Waals surface area contributed by atoms with E-state index in [9.17, 15) is 9.59 Å². The van der Waals surface area contributed by atoms with Gasteiger partial charge < -0.3 is 15.0 Å². The van der Waals surface area contributed by atoms with Crippen molar-refractivity contribution in [2.24, 2.45) is 0 Å². The van der Waals surface area contributed by atoms with E-state index in [1.807, 2.05) is 84.9 Å². The average molecular weight is 481 g/mol. The van der Waals surface area contributed by atoms with Gasteiger partial charge in [0.25, 0.3) is 5.91 Å². The molecule has 182 valence electrons. The Morgan fingerprint density at radius 1 is 1.00 bits per heavy atom. The number of carbonyl (C=O) groups excluding carboxylic acids is 2. The van der Waals surface area contributed by atoms with Crippen molar-refractivity contribution >= 4 is 11.8 Å². The van der Waals surface area contributed by atoms with Gasteiger partial charge in [-0.2, -0.15) is 5.10 Å². The molecule has 1 atom stereocenters. The Morgan fingerprint density at radius 2 is 1.67 bits per heavy atom. The number of carbonyl (C=O) groups is 2. The van der Waals surface area contributed by atoms with Crippen LogP contribution in [-0.4, -0.2) is 39.1 Å². The minimum atomic E-state index is -1.17. The summed E-state index contributed by atoms with van der Waals surface area (Å²) >= 11 is 0. The van der Waals surface area contributed by atoms with Crippen LogP contribution < -0.4 is 10.1 Å². The van der Waals surface area contributed by atoms with Gasteiger partial charge in [-0.15, -0.1) is 0 Å². The molecule has 0 radical (unpaired) electrons. The quantitative estimate of drug-likeness (QED) is 0.428. The van der Waals surface area contributed by atoms with Crippen molar-refractivity contribution in [1.29, 1.82) is 0 Å². The summed E-state index contributed by atoms with van der Waals surface area (Å²) in [4.78, 5) is 29.2. The van der Waals surface area contributed by atoms with Crippen molar-refractivity contribution in [3.05, 3.63) is 108 Å². The van der Waals surface area contributed by atoms with Gasteiger partial charge in [-0.3, -0.25) is 14.3 Å². The number of para-hydroxylation sites is 1. The number of aromatic nitrogens is 2. The summed E-state index contributed by atoms with van der Waals surface area (Å²) in [6.45, 7) is 2.63. The van der Waals surface area contributed by atoms with Crippen LogP contribution in [0.15, 0.2) is 91.0 Å². The summed E-state index contributed by atoms with van der Waals surface area (Å²) < 4.78 is 7.19. The van der Waals surface area contributed by atoms with Crippen molar-refractivity contribution < 1.29 is 14.3 Å². The first-order valence-electron chi connectivity index (χ1n) is 11.9. The molecule has 1 unspecified atom stereocenters. The van der Waals surface area contributed by atoms with Crippen molar-refractivity contribution in [3.8, 4) is 17.0 Å². The zero-order chi connectivity index (χ0) is 25.1. The maximum absolute atomic E-state index is 13.9. The molecule has 7 heteroatoms. The molecule has 1 aromatic heterocycles. The third-order valence-corrected chi connectivity index (χ3v) is 6.67. The predicted molar refractivity (Wildman–Crippen MR) is 137 cm³/mol. The Labute approximate surface area is 210 Å². The van der Waals surface area contributed by atoms with E-state index >= 15 is 0 Å². The first kappa shape index (κ1) is 23.4. The lowest BCUT2D eigenvalue weighted by Crippen LogP contribution is -2.63. The van der Waals surface area contributed by atoms with E-state index in [4.69, 9.17) is 9.84 Å². The van der Waals surface area contributed by atoms with Crippen LogP contribution in [0.25, 0.3) is 11.3 Å². The molecule has 0 saturated carbocycles. The highest BCUT2D eigenvalue weighted by atomic mass is 16.5. The van der Waals surface area contributed by atoms with Crippen LogP contribution >= 0.6 is 0 Å². The van der Waals surface area contributed by atoms with Crippen LogP contribution in [-0.2, 0) is 24.4 Å². The molecule has 4 aromatic rings. The number of methoxy groups -OCH3 is 1. The fourth-order valence-corrected chi connectivity index (χ4v) is 4.61. The molecular weight excluding hydrogens is 452 g/mol. The van der Waals surface area contributed by atoms with Crippen LogP contribution in [0.2, 0.25) is 0 Å². The number of rotatable bonds is 7. The van der Waals surface area contributed by atoms with Crippen LogP contribution in [0.5, 0.6) is 5.75 Å². The highest BCUT2D eigenvalue weighted by Crippen LogP contribution is 2.33. The van der Waals surface area contributed by atoms with E-state index in [-0.39, 0.29) is 24.9 Å². The Hall–Kier alpha value is -4.39. The van der Waals surface area contributed by atoms with Crippen molar-refractivity contribution in [3.63, 3.8) is 0 Å². The molecule has 0 fully saturated rings. The van der Waals surface area contributed by atoms with E-state index in [1.165, 1.54) is 0 Å². The molecule has 2 heterocycles. The van der Waals surface area contributed by atoms with Gasteiger partial charge in [-0.1, -0.05) is 78.9 Å². The highest BCUT2D eigenvalue weighted by molar-refractivity contribution is 6.00. The first-order valence-corrected chi connectivity index (χ1v) is 11.9. The molecule has 0 aliphatic carbocycles. The van der Waals surface area contributed by atoms with Gasteiger partial charge in [-0.25, -0.2) is 0 Å². The number of fused-ring (bicyclic) bond motifs is 1. The number of nitrogens with one attached hydrogen (secondary N) is 1. The third kappa shape index (κ3) is 4.35. The first-order chi connectivity index (χ1) is 17.5. The van der Waals surface area contributed by atoms with Crippen LogP contribution in [0.4, 0.5) is 0 Å². The molecule has 36 heavy (non-hydrogen) atoms. The number of benzene rings is 3. The lowest BCUT2D eigenvalue weighted by atomic mass is 9.93. The number of nitrogens with zero attached hydrogens (tertiary/aromatic N) is 3. The standard InChI is InChI=1S/C29H28N4O3/c1-29(28(35)30-18-21-11-5-3-6-12-21)20-33-25(17-24(31-33)22-13-7-4-8-14-22)27(34)32(29)19-23-15-9-10-16-26(23)36-2/h3-17H,18-20H2,1-2H3,(H,30,35). The SMILES string of the molecule is COc1ccccc1CN1C(=O)c2cc(-c3ccccc3)nn2CC1(C)C(=O)NCc1ccccc1. The molecule has 1 N–H and O–H groups in total. The normalized spacial score (nSPS) is 16.9. The molecular formula is C29H28N4O3. The molecule has 0 spiro atoms. The van der Waals surface area contributed by atoms with Gasteiger partial charge in [0.15, 0.2) is 0 Å². The second kappa shape index (κ2) is 9.70. The zero-order valence-electron chi connectivity index (χ0n) is 20.3. The monoisotopic (exact) mass is 480 g/mol. The van der Waals surface area contributed by atoms with Gasteiger partial charge in [0, 0.05) is 17.7 Å². The molecule has 0 saturated heterocycles. The largest absolute Gasteiger partial charge is 0.496 e. The smallest absolute Gasteiger partial charge is 0.273 e. The summed E-state index contributed by atoms with van der Waals surface area (Å²) in [5.41, 5.74) is 2.71. The summed E-state index contributed by atoms with van der Waals surface area (Å²) in [5.74, 6) is 0.178. The van der Waals surface area contributed by atoms with Crippen molar-refractivity contribution in [2.45, 2.75) is 32.1 Å². The van der Waals surface area contributed by atoms with Crippen molar-refractivity contribution in [1.82, 2.24) is 20.0 Å². The number of ether oxygens (including phenoxy) is 1. The predicted octanol–water partition coefficient (Wildman–Crippen LogP) is 4.29. The maximum atomic E-state index is 13.9. The fraction of sp³-hybridized carbons (Fsp3) is 0.207. The lowest BCUT2D eigenvalue weighted by molar-refractivity contribution is -0.133. The maximum Gasteiger partial charge on any atom is 0.273 e. The minimum Gasteiger partial charge on any atom is -0.496 e. The van der Waals surface area contributed by atoms with E-state index in [0.717, 1.165) is 16.7 Å². The van der Waals surface area contributed by atoms with Gasteiger partial charge in [-0.05, 0) is 24.6 Å². The molecule has 3 aromatic carbocycles. The van der Waals surface area contributed by atoms with E-state index in [1.54, 1.807) is 29.7 Å². The number of hydrogen-bond donors (Lipinski definition) is 1. The van der Waals surface area contributed by atoms with E-state index in [2.05, 4.69) is 5.32 Å². The second-order valence-corrected chi connectivity index (χ2v) is 9.08. The Balaban J connectivity index is 1.52. The third-order valence-electron chi connectivity index (χ3n) is 6.67. The van der Waals surface area contributed by atoms with Gasteiger partial charge in [0.2, 0.25) is 5.91 Å². The Kier molecular flexibility index (Phi) is 6.29. The minimum absolute atomic E-state index is 0.226. The van der Waals surface area contributed by atoms with Crippen LogP contribution in [0, 0.1) is 0 Å². The number of amides is 2. The van der Waals surface area contributed by atoms with Crippen LogP contribution in [0.1, 0.15) is 28.5 Å². The average Bonchev–Trinajstić information content (AvgIpc) is 3.35. The Morgan fingerprint density at radius 3 is 2.39 bits per heavy atom. The van der Waals surface area contributed by atoms with Gasteiger partial charge in [0.1, 0.15) is 17.0 Å². The molecule has 7 nitrogen and oxygen atoms in total. The summed E-state index contributed by atoms with van der Waals surface area (Å²) in [7, 11) is 1.60.